The van der Waals surface area contributed by atoms with Gasteiger partial charge in [0.25, 0.3) is 0 Å². The Morgan fingerprint density at radius 2 is 1.89 bits per heavy atom. The fraction of sp³-hybridized carbons (Fsp3) is 0.632. The molecule has 0 bridgehead atoms. The number of aryl methyl sites for hydroxylation is 1. The van der Waals surface area contributed by atoms with Gasteiger partial charge in [0, 0.05) is 32.2 Å². The molecule has 1 unspecified atom stereocenters. The van der Waals surface area contributed by atoms with Gasteiger partial charge in [0.15, 0.2) is 5.96 Å². The highest BCUT2D eigenvalue weighted by Crippen LogP contribution is 2.05. The zero-order chi connectivity index (χ0) is 19.4. The zero-order valence-corrected chi connectivity index (χ0v) is 20.1. The normalized spacial score (nSPS) is 13.1. The number of hydrogen-bond acceptors (Lipinski definition) is 3. The first-order valence-electron chi connectivity index (χ1n) is 9.40. The maximum atomic E-state index is 11.6. The quantitative estimate of drug-likeness (QED) is 0.208. The third kappa shape index (κ3) is 11.5. The second kappa shape index (κ2) is 14.2. The summed E-state index contributed by atoms with van der Waals surface area (Å²) in [6.45, 7) is 8.42. The van der Waals surface area contributed by atoms with Gasteiger partial charge < -0.3 is 10.6 Å². The van der Waals surface area contributed by atoms with Crippen molar-refractivity contribution in [2.75, 3.05) is 32.4 Å². The van der Waals surface area contributed by atoms with Gasteiger partial charge in [-0.2, -0.15) is 0 Å². The van der Waals surface area contributed by atoms with Crippen molar-refractivity contribution in [3.05, 3.63) is 35.9 Å². The minimum atomic E-state index is -3.13. The van der Waals surface area contributed by atoms with E-state index in [0.29, 0.717) is 32.1 Å². The third-order valence-corrected chi connectivity index (χ3v) is 5.47. The number of sulfonamides is 1. The van der Waals surface area contributed by atoms with Gasteiger partial charge in [0.2, 0.25) is 10.0 Å². The molecule has 27 heavy (non-hydrogen) atoms. The van der Waals surface area contributed by atoms with Crippen molar-refractivity contribution in [2.24, 2.45) is 4.99 Å². The van der Waals surface area contributed by atoms with Crippen molar-refractivity contribution in [1.29, 1.82) is 0 Å². The summed E-state index contributed by atoms with van der Waals surface area (Å²) in [5.74, 6) is 0.787. The smallest absolute Gasteiger partial charge is 0.211 e. The summed E-state index contributed by atoms with van der Waals surface area (Å²) in [6.07, 6.45) is 4.00. The molecule has 0 aromatic heterocycles. The third-order valence-electron chi connectivity index (χ3n) is 4.09. The van der Waals surface area contributed by atoms with Gasteiger partial charge in [0.1, 0.15) is 0 Å². The molecule has 0 amide bonds. The number of aliphatic imine (C=N–C) groups is 1. The Hall–Kier alpha value is -0.870. The van der Waals surface area contributed by atoms with Gasteiger partial charge in [-0.05, 0) is 38.7 Å². The molecular formula is C19H35IN4O2S. The number of rotatable bonds is 11. The van der Waals surface area contributed by atoms with E-state index in [0.717, 1.165) is 25.3 Å². The molecule has 0 aliphatic rings. The van der Waals surface area contributed by atoms with E-state index in [1.165, 1.54) is 16.1 Å². The molecule has 1 atom stereocenters. The van der Waals surface area contributed by atoms with E-state index in [1.54, 1.807) is 0 Å². The molecule has 1 aromatic rings. The Bertz CT molecular complexity index is 638. The minimum absolute atomic E-state index is 0. The van der Waals surface area contributed by atoms with Crippen LogP contribution >= 0.6 is 24.0 Å². The lowest BCUT2D eigenvalue weighted by atomic mass is 10.1. The van der Waals surface area contributed by atoms with Crippen molar-refractivity contribution >= 4 is 40.0 Å². The molecule has 0 aliphatic carbocycles. The van der Waals surface area contributed by atoms with Gasteiger partial charge in [0.05, 0.1) is 6.26 Å². The average Bonchev–Trinajstić information content (AvgIpc) is 2.60. The summed E-state index contributed by atoms with van der Waals surface area (Å²) < 4.78 is 24.7. The van der Waals surface area contributed by atoms with Crippen molar-refractivity contribution in [3.63, 3.8) is 0 Å². The van der Waals surface area contributed by atoms with Crippen LogP contribution in [0.5, 0.6) is 0 Å². The summed E-state index contributed by atoms with van der Waals surface area (Å²) >= 11 is 0. The molecule has 156 valence electrons. The number of nitrogens with zero attached hydrogens (tertiary/aromatic N) is 2. The molecule has 0 heterocycles. The van der Waals surface area contributed by atoms with E-state index in [1.807, 2.05) is 19.9 Å². The van der Waals surface area contributed by atoms with Crippen LogP contribution in [0.3, 0.4) is 0 Å². The summed E-state index contributed by atoms with van der Waals surface area (Å²) in [4.78, 5) is 4.57. The maximum Gasteiger partial charge on any atom is 0.211 e. The number of hydrogen-bond donors (Lipinski definition) is 2. The molecule has 0 spiro atoms. The first-order chi connectivity index (χ1) is 12.4. The largest absolute Gasteiger partial charge is 0.357 e. The van der Waals surface area contributed by atoms with Crippen LogP contribution in [0.15, 0.2) is 35.3 Å². The van der Waals surface area contributed by atoms with Crippen molar-refractivity contribution in [3.8, 4) is 0 Å². The fourth-order valence-electron chi connectivity index (χ4n) is 2.65. The summed E-state index contributed by atoms with van der Waals surface area (Å²) in [5.41, 5.74) is 1.34. The Kier molecular flexibility index (Phi) is 13.7. The summed E-state index contributed by atoms with van der Waals surface area (Å²) in [7, 11) is -3.13. The second-order valence-corrected chi connectivity index (χ2v) is 8.42. The molecule has 1 aromatic carbocycles. The molecule has 2 N–H and O–H groups in total. The standard InChI is InChI=1S/C19H34N4O2S.HI/c1-5-20-19(21-15-10-16-23(6-2)26(4,24)25)22-17(3)13-14-18-11-8-7-9-12-18;/h7-9,11-12,17H,5-6,10,13-16H2,1-4H3,(H2,20,21,22);1H. The Labute approximate surface area is 182 Å². The molecule has 0 fully saturated rings. The van der Waals surface area contributed by atoms with E-state index in [9.17, 15) is 8.42 Å². The van der Waals surface area contributed by atoms with Crippen LogP contribution in [0.4, 0.5) is 0 Å². The van der Waals surface area contributed by atoms with Gasteiger partial charge in [-0.15, -0.1) is 24.0 Å². The summed E-state index contributed by atoms with van der Waals surface area (Å²) in [5, 5.41) is 6.68. The van der Waals surface area contributed by atoms with Crippen LogP contribution < -0.4 is 10.6 Å². The van der Waals surface area contributed by atoms with Crippen LogP contribution in [0, 0.1) is 0 Å². The first-order valence-corrected chi connectivity index (χ1v) is 11.3. The fourth-order valence-corrected chi connectivity index (χ4v) is 3.58. The van der Waals surface area contributed by atoms with Crippen molar-refractivity contribution in [1.82, 2.24) is 14.9 Å². The van der Waals surface area contributed by atoms with Gasteiger partial charge in [-0.3, -0.25) is 4.99 Å². The van der Waals surface area contributed by atoms with E-state index >= 15 is 0 Å². The van der Waals surface area contributed by atoms with Crippen molar-refractivity contribution < 1.29 is 8.42 Å². The minimum Gasteiger partial charge on any atom is -0.357 e. The highest BCUT2D eigenvalue weighted by atomic mass is 127. The zero-order valence-electron chi connectivity index (χ0n) is 16.9. The average molecular weight is 510 g/mol. The van der Waals surface area contributed by atoms with Crippen LogP contribution in [-0.4, -0.2) is 57.2 Å². The molecule has 0 saturated heterocycles. The molecule has 1 rings (SSSR count). The topological polar surface area (TPSA) is 73.8 Å². The van der Waals surface area contributed by atoms with E-state index in [4.69, 9.17) is 0 Å². The first kappa shape index (κ1) is 26.1. The van der Waals surface area contributed by atoms with Gasteiger partial charge >= 0.3 is 0 Å². The van der Waals surface area contributed by atoms with Crippen LogP contribution in [0.2, 0.25) is 0 Å². The SMILES string of the molecule is CCNC(=NCCCN(CC)S(C)(=O)=O)NC(C)CCc1ccccc1.I. The monoisotopic (exact) mass is 510 g/mol. The summed E-state index contributed by atoms with van der Waals surface area (Å²) in [6, 6.07) is 10.8. The number of nitrogens with one attached hydrogen (secondary N) is 2. The number of benzene rings is 1. The maximum absolute atomic E-state index is 11.6. The molecule has 0 radical (unpaired) electrons. The lowest BCUT2D eigenvalue weighted by molar-refractivity contribution is 0.427. The highest BCUT2D eigenvalue weighted by Gasteiger charge is 2.13. The van der Waals surface area contributed by atoms with Crippen LogP contribution in [0.25, 0.3) is 0 Å². The number of halogens is 1. The van der Waals surface area contributed by atoms with Gasteiger partial charge in [-0.1, -0.05) is 37.3 Å². The molecule has 6 nitrogen and oxygen atoms in total. The molecule has 0 aliphatic heterocycles. The van der Waals surface area contributed by atoms with Gasteiger partial charge in [-0.25, -0.2) is 12.7 Å². The van der Waals surface area contributed by atoms with E-state index in [2.05, 4.69) is 46.8 Å². The predicted octanol–water partition coefficient (Wildman–Crippen LogP) is 2.85. The van der Waals surface area contributed by atoms with Crippen LogP contribution in [-0.2, 0) is 16.4 Å². The molecule has 8 heteroatoms. The molecular weight excluding hydrogens is 475 g/mol. The van der Waals surface area contributed by atoms with Crippen molar-refractivity contribution in [2.45, 2.75) is 46.1 Å². The predicted molar refractivity (Wildman–Crippen MR) is 125 cm³/mol. The van der Waals surface area contributed by atoms with E-state index in [-0.39, 0.29) is 24.0 Å². The number of guanidine groups is 1. The van der Waals surface area contributed by atoms with E-state index < -0.39 is 10.0 Å². The Morgan fingerprint density at radius 1 is 1.22 bits per heavy atom. The highest BCUT2D eigenvalue weighted by molar-refractivity contribution is 14.0. The lowest BCUT2D eigenvalue weighted by Gasteiger charge is -2.19. The second-order valence-electron chi connectivity index (χ2n) is 6.44. The van der Waals surface area contributed by atoms with Crippen LogP contribution in [0.1, 0.15) is 39.2 Å². The Balaban J connectivity index is 0.00000676. The Morgan fingerprint density at radius 3 is 2.44 bits per heavy atom. The molecule has 0 saturated carbocycles. The lowest BCUT2D eigenvalue weighted by Crippen LogP contribution is -2.42.